The van der Waals surface area contributed by atoms with Gasteiger partial charge in [-0.25, -0.2) is 8.42 Å². The van der Waals surface area contributed by atoms with Gasteiger partial charge in [-0.3, -0.25) is 9.59 Å². The molecule has 1 fully saturated rings. The Kier molecular flexibility index (Phi) is 6.15. The molecule has 0 aliphatic carbocycles. The van der Waals surface area contributed by atoms with Crippen LogP contribution in [0.15, 0.2) is 0 Å². The van der Waals surface area contributed by atoms with E-state index in [1.165, 1.54) is 0 Å². The van der Waals surface area contributed by atoms with Gasteiger partial charge < -0.3 is 15.7 Å². The van der Waals surface area contributed by atoms with Crippen LogP contribution in [0.5, 0.6) is 0 Å². The van der Waals surface area contributed by atoms with Gasteiger partial charge in [0.05, 0.1) is 16.9 Å². The van der Waals surface area contributed by atoms with E-state index in [1.807, 2.05) is 11.8 Å². The van der Waals surface area contributed by atoms with Gasteiger partial charge in [0, 0.05) is 19.5 Å². The van der Waals surface area contributed by atoms with Crippen LogP contribution in [0.2, 0.25) is 0 Å². The number of carboxylic acids is 1. The van der Waals surface area contributed by atoms with Crippen molar-refractivity contribution < 1.29 is 23.1 Å². The lowest BCUT2D eigenvalue weighted by Crippen LogP contribution is -2.36. The second-order valence-electron chi connectivity index (χ2n) is 5.73. The van der Waals surface area contributed by atoms with Crippen LogP contribution in [-0.4, -0.2) is 61.4 Å². The number of nitrogens with two attached hydrogens (primary N) is 1. The van der Waals surface area contributed by atoms with Crippen molar-refractivity contribution >= 4 is 21.7 Å². The van der Waals surface area contributed by atoms with E-state index in [1.54, 1.807) is 0 Å². The van der Waals surface area contributed by atoms with E-state index in [4.69, 9.17) is 5.73 Å². The lowest BCUT2D eigenvalue weighted by atomic mass is 9.83. The molecule has 1 heterocycles. The fourth-order valence-corrected chi connectivity index (χ4v) is 3.99. The number of amides is 1. The Labute approximate surface area is 125 Å². The Hall–Kier alpha value is -1.15. The highest BCUT2D eigenvalue weighted by Crippen LogP contribution is 2.35. The summed E-state index contributed by atoms with van der Waals surface area (Å²) in [7, 11) is -3.32. The highest BCUT2D eigenvalue weighted by molar-refractivity contribution is 7.91. The molecule has 0 bridgehead atoms. The van der Waals surface area contributed by atoms with Gasteiger partial charge in [-0.2, -0.15) is 0 Å². The first-order valence-electron chi connectivity index (χ1n) is 7.15. The molecular weight excluding hydrogens is 296 g/mol. The zero-order valence-electron chi connectivity index (χ0n) is 12.4. The molecule has 1 atom stereocenters. The Morgan fingerprint density at radius 2 is 2.00 bits per heavy atom. The summed E-state index contributed by atoms with van der Waals surface area (Å²) in [6, 6.07) is 0. The summed E-state index contributed by atoms with van der Waals surface area (Å²) in [6.45, 7) is 3.24. The quantitative estimate of drug-likeness (QED) is 0.610. The molecule has 1 aliphatic rings. The Morgan fingerprint density at radius 3 is 2.52 bits per heavy atom. The number of carboxylic acid groups (broad SMARTS) is 1. The summed E-state index contributed by atoms with van der Waals surface area (Å²) in [4.78, 5) is 23.9. The van der Waals surface area contributed by atoms with E-state index in [0.717, 1.165) is 6.42 Å². The molecule has 1 unspecified atom stereocenters. The third kappa shape index (κ3) is 5.28. The first-order chi connectivity index (χ1) is 9.71. The lowest BCUT2D eigenvalue weighted by molar-refractivity contribution is -0.148. The highest BCUT2D eigenvalue weighted by atomic mass is 32.2. The number of hydrogen-bond acceptors (Lipinski definition) is 5. The molecular formula is C13H24N2O5S. The SMILES string of the molecule is CCCC1(C(=O)O)CCN(CCS(=O)(=O)CCC(N)=O)C1. The lowest BCUT2D eigenvalue weighted by Gasteiger charge is -2.24. The minimum absolute atomic E-state index is 0.0674. The van der Waals surface area contributed by atoms with Gasteiger partial charge in [0.15, 0.2) is 9.84 Å². The summed E-state index contributed by atoms with van der Waals surface area (Å²) in [5.41, 5.74) is 4.20. The summed E-state index contributed by atoms with van der Waals surface area (Å²) < 4.78 is 23.5. The van der Waals surface area contributed by atoms with Crippen molar-refractivity contribution in [1.29, 1.82) is 0 Å². The normalized spacial score (nSPS) is 23.3. The Morgan fingerprint density at radius 1 is 1.33 bits per heavy atom. The number of rotatable bonds is 9. The average molecular weight is 320 g/mol. The maximum absolute atomic E-state index is 11.8. The minimum Gasteiger partial charge on any atom is -0.481 e. The topological polar surface area (TPSA) is 118 Å². The molecule has 1 rings (SSSR count). The minimum atomic E-state index is -3.32. The second kappa shape index (κ2) is 7.22. The first-order valence-corrected chi connectivity index (χ1v) is 8.97. The average Bonchev–Trinajstić information content (AvgIpc) is 2.80. The van der Waals surface area contributed by atoms with Crippen LogP contribution in [0, 0.1) is 5.41 Å². The molecule has 21 heavy (non-hydrogen) atoms. The smallest absolute Gasteiger partial charge is 0.310 e. The fraction of sp³-hybridized carbons (Fsp3) is 0.846. The van der Waals surface area contributed by atoms with Crippen molar-refractivity contribution in [3.63, 3.8) is 0 Å². The fourth-order valence-electron chi connectivity index (χ4n) is 2.74. The second-order valence-corrected chi connectivity index (χ2v) is 8.03. The summed E-state index contributed by atoms with van der Waals surface area (Å²) in [6.07, 6.45) is 1.78. The van der Waals surface area contributed by atoms with Crippen molar-refractivity contribution in [3.8, 4) is 0 Å². The van der Waals surface area contributed by atoms with Gasteiger partial charge in [-0.05, 0) is 19.4 Å². The molecule has 0 aromatic carbocycles. The van der Waals surface area contributed by atoms with Gasteiger partial charge in [0.2, 0.25) is 5.91 Å². The number of carbonyl (C=O) groups is 2. The van der Waals surface area contributed by atoms with Crippen molar-refractivity contribution in [2.45, 2.75) is 32.6 Å². The number of hydrogen-bond donors (Lipinski definition) is 2. The van der Waals surface area contributed by atoms with Crippen molar-refractivity contribution in [2.75, 3.05) is 31.1 Å². The van der Waals surface area contributed by atoms with Crippen LogP contribution in [0.1, 0.15) is 32.6 Å². The molecule has 1 saturated heterocycles. The van der Waals surface area contributed by atoms with Gasteiger partial charge >= 0.3 is 5.97 Å². The molecule has 3 N–H and O–H groups in total. The monoisotopic (exact) mass is 320 g/mol. The number of carbonyl (C=O) groups excluding carboxylic acids is 1. The number of likely N-dealkylation sites (tertiary alicyclic amines) is 1. The van der Waals surface area contributed by atoms with Crippen LogP contribution in [0.4, 0.5) is 0 Å². The molecule has 0 aromatic heterocycles. The van der Waals surface area contributed by atoms with Crippen LogP contribution in [0.3, 0.4) is 0 Å². The number of primary amides is 1. The van der Waals surface area contributed by atoms with Gasteiger partial charge in [0.1, 0.15) is 0 Å². The molecule has 0 aromatic rings. The van der Waals surface area contributed by atoms with Gasteiger partial charge in [-0.15, -0.1) is 0 Å². The summed E-state index contributed by atoms with van der Waals surface area (Å²) in [5.74, 6) is -1.74. The molecule has 0 spiro atoms. The highest BCUT2D eigenvalue weighted by Gasteiger charge is 2.43. The van der Waals surface area contributed by atoms with E-state index >= 15 is 0 Å². The van der Waals surface area contributed by atoms with Crippen LogP contribution in [0.25, 0.3) is 0 Å². The van der Waals surface area contributed by atoms with E-state index in [2.05, 4.69) is 0 Å². The van der Waals surface area contributed by atoms with Gasteiger partial charge in [0.25, 0.3) is 0 Å². The Bertz CT molecular complexity index is 491. The third-order valence-electron chi connectivity index (χ3n) is 3.99. The number of aliphatic carboxylic acids is 1. The number of nitrogens with zero attached hydrogens (tertiary/aromatic N) is 1. The van der Waals surface area contributed by atoms with E-state index < -0.39 is 27.1 Å². The molecule has 8 heteroatoms. The maximum Gasteiger partial charge on any atom is 0.310 e. The van der Waals surface area contributed by atoms with E-state index in [9.17, 15) is 23.1 Å². The number of sulfone groups is 1. The van der Waals surface area contributed by atoms with Crippen LogP contribution < -0.4 is 5.73 Å². The zero-order chi connectivity index (χ0) is 16.1. The van der Waals surface area contributed by atoms with Crippen molar-refractivity contribution in [2.24, 2.45) is 11.1 Å². The molecule has 7 nitrogen and oxygen atoms in total. The largest absolute Gasteiger partial charge is 0.481 e. The molecule has 0 saturated carbocycles. The summed E-state index contributed by atoms with van der Waals surface area (Å²) in [5, 5.41) is 9.39. The molecule has 122 valence electrons. The van der Waals surface area contributed by atoms with E-state index in [-0.39, 0.29) is 17.9 Å². The van der Waals surface area contributed by atoms with Crippen LogP contribution >= 0.6 is 0 Å². The predicted octanol–water partition coefficient (Wildman–Crippen LogP) is -0.147. The zero-order valence-corrected chi connectivity index (χ0v) is 13.2. The van der Waals surface area contributed by atoms with Crippen LogP contribution in [-0.2, 0) is 19.4 Å². The van der Waals surface area contributed by atoms with Gasteiger partial charge in [-0.1, -0.05) is 13.3 Å². The Balaban J connectivity index is 2.51. The summed E-state index contributed by atoms with van der Waals surface area (Å²) >= 11 is 0. The molecule has 1 amide bonds. The van der Waals surface area contributed by atoms with E-state index in [0.29, 0.717) is 32.5 Å². The molecule has 0 radical (unpaired) electrons. The van der Waals surface area contributed by atoms with Crippen molar-refractivity contribution in [1.82, 2.24) is 4.90 Å². The maximum atomic E-state index is 11.8. The first kappa shape index (κ1) is 17.9. The predicted molar refractivity (Wildman–Crippen MR) is 78.5 cm³/mol. The standard InChI is InChI=1S/C13H24N2O5S/c1-2-4-13(12(17)18)5-6-15(10-13)7-9-21(19,20)8-3-11(14)16/h2-10H2,1H3,(H2,14,16)(H,17,18). The molecule has 1 aliphatic heterocycles. The van der Waals surface area contributed by atoms with Crippen molar-refractivity contribution in [3.05, 3.63) is 0 Å². The third-order valence-corrected chi connectivity index (χ3v) is 5.62.